The minimum Gasteiger partial charge on any atom is -0.490 e. The van der Waals surface area contributed by atoms with Crippen LogP contribution < -0.4 is 20.2 Å². The van der Waals surface area contributed by atoms with E-state index in [-0.39, 0.29) is 12.5 Å². The summed E-state index contributed by atoms with van der Waals surface area (Å²) in [6.07, 6.45) is 1.63. The van der Waals surface area contributed by atoms with Crippen LogP contribution in [0, 0.1) is 13.8 Å². The number of nitrogens with one attached hydrogen (secondary N) is 2. The minimum absolute atomic E-state index is 0.0552. The Labute approximate surface area is 183 Å². The standard InChI is InChI=1S/C22H28N4O3S/c1-6-28-19-12-17(10-11-18(19)29-14-20(27)26(4)5)13-23-25-22(30)24-21-15(2)8-7-9-16(21)3/h7-13H,6,14H2,1-5H3,(H2,24,25,30). The summed E-state index contributed by atoms with van der Waals surface area (Å²) >= 11 is 5.32. The summed E-state index contributed by atoms with van der Waals surface area (Å²) in [5, 5.41) is 7.76. The Balaban J connectivity index is 2.01. The summed E-state index contributed by atoms with van der Waals surface area (Å²) in [7, 11) is 3.36. The highest BCUT2D eigenvalue weighted by atomic mass is 32.1. The van der Waals surface area contributed by atoms with E-state index in [4.69, 9.17) is 21.7 Å². The second kappa shape index (κ2) is 11.2. The predicted molar refractivity (Wildman–Crippen MR) is 125 cm³/mol. The van der Waals surface area contributed by atoms with Crippen LogP contribution in [0.1, 0.15) is 23.6 Å². The summed E-state index contributed by atoms with van der Waals surface area (Å²) in [6.45, 7) is 6.34. The Morgan fingerprint density at radius 2 is 1.83 bits per heavy atom. The highest BCUT2D eigenvalue weighted by Gasteiger charge is 2.10. The van der Waals surface area contributed by atoms with Crippen molar-refractivity contribution in [3.8, 4) is 11.5 Å². The van der Waals surface area contributed by atoms with Gasteiger partial charge in [-0.3, -0.25) is 10.2 Å². The summed E-state index contributed by atoms with van der Waals surface area (Å²) in [5.74, 6) is 0.922. The Morgan fingerprint density at radius 1 is 1.13 bits per heavy atom. The van der Waals surface area contributed by atoms with Gasteiger partial charge in [-0.2, -0.15) is 5.10 Å². The lowest BCUT2D eigenvalue weighted by atomic mass is 10.1. The number of amides is 1. The van der Waals surface area contributed by atoms with E-state index in [1.165, 1.54) is 4.90 Å². The van der Waals surface area contributed by atoms with Gasteiger partial charge < -0.3 is 19.7 Å². The van der Waals surface area contributed by atoms with Crippen molar-refractivity contribution in [3.05, 3.63) is 53.1 Å². The van der Waals surface area contributed by atoms with Crippen molar-refractivity contribution in [1.29, 1.82) is 0 Å². The summed E-state index contributed by atoms with van der Waals surface area (Å²) in [6, 6.07) is 11.4. The van der Waals surface area contributed by atoms with Crippen LogP contribution in [0.3, 0.4) is 0 Å². The van der Waals surface area contributed by atoms with Gasteiger partial charge in [0.1, 0.15) is 0 Å². The Morgan fingerprint density at radius 3 is 2.47 bits per heavy atom. The number of hydrogen-bond acceptors (Lipinski definition) is 5. The molecular weight excluding hydrogens is 400 g/mol. The molecule has 0 unspecified atom stereocenters. The molecule has 7 nitrogen and oxygen atoms in total. The van der Waals surface area contributed by atoms with Crippen LogP contribution in [0.15, 0.2) is 41.5 Å². The normalized spacial score (nSPS) is 10.6. The van der Waals surface area contributed by atoms with Gasteiger partial charge in [0.05, 0.1) is 12.8 Å². The average Bonchev–Trinajstić information content (AvgIpc) is 2.70. The minimum atomic E-state index is -0.128. The van der Waals surface area contributed by atoms with Crippen LogP contribution in [0.25, 0.3) is 0 Å². The molecule has 0 aliphatic carbocycles. The maximum absolute atomic E-state index is 11.7. The number of anilines is 1. The van der Waals surface area contributed by atoms with Gasteiger partial charge in [-0.25, -0.2) is 0 Å². The topological polar surface area (TPSA) is 75.2 Å². The Bertz CT molecular complexity index is 908. The SMILES string of the molecule is CCOc1cc(C=NNC(=S)Nc2c(C)cccc2C)ccc1OCC(=O)N(C)C. The van der Waals surface area contributed by atoms with Gasteiger partial charge in [-0.1, -0.05) is 18.2 Å². The number of rotatable bonds is 8. The van der Waals surface area contributed by atoms with Gasteiger partial charge in [-0.15, -0.1) is 0 Å². The zero-order valence-corrected chi connectivity index (χ0v) is 18.8. The first-order valence-electron chi connectivity index (χ1n) is 9.58. The molecule has 0 saturated heterocycles. The molecular formula is C22H28N4O3S. The Hall–Kier alpha value is -3.13. The van der Waals surface area contributed by atoms with E-state index in [0.29, 0.717) is 23.2 Å². The number of nitrogens with zero attached hydrogens (tertiary/aromatic N) is 2. The molecule has 0 aliphatic heterocycles. The van der Waals surface area contributed by atoms with Gasteiger partial charge in [0.25, 0.3) is 5.91 Å². The summed E-state index contributed by atoms with van der Waals surface area (Å²) in [4.78, 5) is 13.2. The van der Waals surface area contributed by atoms with Crippen molar-refractivity contribution in [2.24, 2.45) is 5.10 Å². The van der Waals surface area contributed by atoms with Crippen molar-refractivity contribution in [1.82, 2.24) is 10.3 Å². The van der Waals surface area contributed by atoms with Crippen LogP contribution >= 0.6 is 12.2 Å². The van der Waals surface area contributed by atoms with Crippen LogP contribution in [0.5, 0.6) is 11.5 Å². The molecule has 0 saturated carbocycles. The second-order valence-corrected chi connectivity index (χ2v) is 7.22. The van der Waals surface area contributed by atoms with Crippen molar-refractivity contribution >= 4 is 35.1 Å². The second-order valence-electron chi connectivity index (χ2n) is 6.81. The van der Waals surface area contributed by atoms with Crippen LogP contribution in [-0.2, 0) is 4.79 Å². The van der Waals surface area contributed by atoms with Crippen molar-refractivity contribution in [2.75, 3.05) is 32.6 Å². The number of ether oxygens (including phenoxy) is 2. The third kappa shape index (κ3) is 6.73. The quantitative estimate of drug-likeness (QED) is 0.381. The number of benzene rings is 2. The molecule has 0 aromatic heterocycles. The smallest absolute Gasteiger partial charge is 0.259 e. The molecule has 160 valence electrons. The lowest BCUT2D eigenvalue weighted by molar-refractivity contribution is -0.130. The molecule has 0 radical (unpaired) electrons. The van der Waals surface area contributed by atoms with E-state index in [0.717, 1.165) is 22.4 Å². The van der Waals surface area contributed by atoms with E-state index >= 15 is 0 Å². The zero-order valence-electron chi connectivity index (χ0n) is 18.0. The molecule has 0 atom stereocenters. The number of likely N-dealkylation sites (N-methyl/N-ethyl adjacent to an activating group) is 1. The predicted octanol–water partition coefficient (Wildman–Crippen LogP) is 3.49. The fourth-order valence-corrected chi connectivity index (χ4v) is 2.73. The van der Waals surface area contributed by atoms with E-state index in [1.54, 1.807) is 32.4 Å². The fourth-order valence-electron chi connectivity index (χ4n) is 2.58. The molecule has 2 aromatic carbocycles. The fraction of sp³-hybridized carbons (Fsp3) is 0.318. The third-order valence-electron chi connectivity index (χ3n) is 4.22. The number of hydrogen-bond donors (Lipinski definition) is 2. The van der Waals surface area contributed by atoms with Crippen molar-refractivity contribution < 1.29 is 14.3 Å². The first kappa shape index (κ1) is 23.2. The van der Waals surface area contributed by atoms with Gasteiger partial charge >= 0.3 is 0 Å². The van der Waals surface area contributed by atoms with E-state index in [1.807, 2.05) is 45.0 Å². The maximum Gasteiger partial charge on any atom is 0.259 e. The molecule has 0 heterocycles. The van der Waals surface area contributed by atoms with Crippen LogP contribution in [-0.4, -0.2) is 49.4 Å². The van der Waals surface area contributed by atoms with Gasteiger partial charge in [0, 0.05) is 19.8 Å². The number of aryl methyl sites for hydroxylation is 2. The van der Waals surface area contributed by atoms with Crippen LogP contribution in [0.2, 0.25) is 0 Å². The lowest BCUT2D eigenvalue weighted by Gasteiger charge is -2.14. The number of carbonyl (C=O) groups excluding carboxylic acids is 1. The number of thiocarbonyl (C=S) groups is 1. The highest BCUT2D eigenvalue weighted by Crippen LogP contribution is 2.28. The molecule has 0 bridgehead atoms. The summed E-state index contributed by atoms with van der Waals surface area (Å²) in [5.41, 5.74) is 6.80. The number of hydrazone groups is 1. The first-order valence-corrected chi connectivity index (χ1v) is 9.98. The van der Waals surface area contributed by atoms with Crippen molar-refractivity contribution in [2.45, 2.75) is 20.8 Å². The van der Waals surface area contributed by atoms with E-state index < -0.39 is 0 Å². The van der Waals surface area contributed by atoms with Crippen molar-refractivity contribution in [3.63, 3.8) is 0 Å². The van der Waals surface area contributed by atoms with Gasteiger partial charge in [-0.05, 0) is 67.9 Å². The number of para-hydroxylation sites is 1. The molecule has 0 aliphatic rings. The molecule has 2 N–H and O–H groups in total. The van der Waals surface area contributed by atoms with Crippen LogP contribution in [0.4, 0.5) is 5.69 Å². The molecule has 2 rings (SSSR count). The van der Waals surface area contributed by atoms with Gasteiger partial charge in [0.15, 0.2) is 23.2 Å². The lowest BCUT2D eigenvalue weighted by Crippen LogP contribution is -2.27. The molecule has 2 aromatic rings. The average molecular weight is 429 g/mol. The molecule has 8 heteroatoms. The third-order valence-corrected chi connectivity index (χ3v) is 4.41. The monoisotopic (exact) mass is 428 g/mol. The first-order chi connectivity index (χ1) is 14.3. The van der Waals surface area contributed by atoms with E-state index in [9.17, 15) is 4.79 Å². The zero-order chi connectivity index (χ0) is 22.1. The van der Waals surface area contributed by atoms with Gasteiger partial charge in [0.2, 0.25) is 0 Å². The largest absolute Gasteiger partial charge is 0.490 e. The molecule has 30 heavy (non-hydrogen) atoms. The molecule has 0 spiro atoms. The highest BCUT2D eigenvalue weighted by molar-refractivity contribution is 7.80. The van der Waals surface area contributed by atoms with E-state index in [2.05, 4.69) is 15.8 Å². The maximum atomic E-state index is 11.7. The summed E-state index contributed by atoms with van der Waals surface area (Å²) < 4.78 is 11.2. The Kier molecular flexibility index (Phi) is 8.61. The molecule has 0 fully saturated rings. The molecule has 1 amide bonds. The number of carbonyl (C=O) groups is 1.